The number of pyridine rings is 1. The van der Waals surface area contributed by atoms with Crippen LogP contribution in [0.25, 0.3) is 27.7 Å². The van der Waals surface area contributed by atoms with Crippen LogP contribution in [-0.2, 0) is 0 Å². The van der Waals surface area contributed by atoms with Gasteiger partial charge in [0.1, 0.15) is 0 Å². The van der Waals surface area contributed by atoms with Crippen LogP contribution in [0.1, 0.15) is 50.9 Å². The first kappa shape index (κ1) is 22.2. The van der Waals surface area contributed by atoms with E-state index in [0.717, 1.165) is 71.4 Å². The largest absolute Gasteiger partial charge is 0.312 e. The molecule has 3 aromatic heterocycles. The number of aryl methyl sites for hydroxylation is 2. The predicted molar refractivity (Wildman–Crippen MR) is 131 cm³/mol. The first-order valence-corrected chi connectivity index (χ1v) is 11.7. The van der Waals surface area contributed by atoms with E-state index in [9.17, 15) is 4.79 Å². The summed E-state index contributed by atoms with van der Waals surface area (Å²) in [6.45, 7) is 13.4. The molecule has 6 heteroatoms. The molecule has 0 radical (unpaired) electrons. The second kappa shape index (κ2) is 9.25. The van der Waals surface area contributed by atoms with Crippen LogP contribution < -0.4 is 5.56 Å². The highest BCUT2D eigenvalue weighted by Crippen LogP contribution is 2.26. The lowest BCUT2D eigenvalue weighted by molar-refractivity contribution is 0.193. The van der Waals surface area contributed by atoms with Gasteiger partial charge in [0.15, 0.2) is 5.65 Å². The number of rotatable bonds is 3. The first-order valence-electron chi connectivity index (χ1n) is 11.7. The number of aromatic nitrogens is 4. The van der Waals surface area contributed by atoms with Crippen LogP contribution in [0.4, 0.5) is 0 Å². The van der Waals surface area contributed by atoms with E-state index in [1.54, 1.807) is 0 Å². The second-order valence-corrected chi connectivity index (χ2v) is 8.36. The lowest BCUT2D eigenvalue weighted by Crippen LogP contribution is -2.37. The number of hydrogen-bond donors (Lipinski definition) is 0. The molecule has 0 amide bonds. The molecule has 0 atom stereocenters. The molecule has 0 unspecified atom stereocenters. The molecule has 168 valence electrons. The van der Waals surface area contributed by atoms with Gasteiger partial charge in [-0.25, -0.2) is 9.50 Å². The SMILES string of the molecule is CC.CCN1CCC(n2ccc3cc(-c4cc(C)c5nc(C)cn5n4)ccc3c2=O)CC1. The minimum absolute atomic E-state index is 0.110. The normalized spacial score (nSPS) is 15.2. The highest BCUT2D eigenvalue weighted by Gasteiger charge is 2.21. The van der Waals surface area contributed by atoms with Gasteiger partial charge in [0.05, 0.1) is 17.6 Å². The van der Waals surface area contributed by atoms with Gasteiger partial charge in [-0.15, -0.1) is 0 Å². The zero-order valence-corrected chi connectivity index (χ0v) is 19.8. The number of nitrogens with zero attached hydrogens (tertiary/aromatic N) is 5. The zero-order valence-electron chi connectivity index (χ0n) is 19.8. The fraction of sp³-hybridized carbons (Fsp3) is 0.423. The van der Waals surface area contributed by atoms with Gasteiger partial charge >= 0.3 is 0 Å². The molecule has 0 aliphatic carbocycles. The highest BCUT2D eigenvalue weighted by atomic mass is 16.1. The fourth-order valence-electron chi connectivity index (χ4n) is 4.61. The molecule has 1 fully saturated rings. The van der Waals surface area contributed by atoms with Crippen molar-refractivity contribution in [3.05, 3.63) is 64.3 Å². The maximum atomic E-state index is 13.2. The summed E-state index contributed by atoms with van der Waals surface area (Å²) in [6.07, 6.45) is 5.98. The maximum Gasteiger partial charge on any atom is 0.258 e. The van der Waals surface area contributed by atoms with Crippen LogP contribution in [0.5, 0.6) is 0 Å². The molecule has 5 rings (SSSR count). The van der Waals surface area contributed by atoms with E-state index < -0.39 is 0 Å². The van der Waals surface area contributed by atoms with Crippen molar-refractivity contribution in [3.63, 3.8) is 0 Å². The van der Waals surface area contributed by atoms with Crippen LogP contribution in [-0.4, -0.2) is 43.7 Å². The van der Waals surface area contributed by atoms with Crippen molar-refractivity contribution < 1.29 is 0 Å². The summed E-state index contributed by atoms with van der Waals surface area (Å²) < 4.78 is 3.78. The lowest BCUT2D eigenvalue weighted by atomic mass is 10.0. The van der Waals surface area contributed by atoms with Gasteiger partial charge in [0.25, 0.3) is 5.56 Å². The molecular formula is C26H33N5O. The molecule has 0 bridgehead atoms. The number of hydrogen-bond acceptors (Lipinski definition) is 4. The Morgan fingerprint density at radius 1 is 1.06 bits per heavy atom. The van der Waals surface area contributed by atoms with E-state index >= 15 is 0 Å². The lowest BCUT2D eigenvalue weighted by Gasteiger charge is -2.32. The molecule has 1 aromatic carbocycles. The third kappa shape index (κ3) is 4.07. The standard InChI is InChI=1S/C24H27N5O.C2H6/c1-4-27-10-8-20(9-11-27)28-12-7-18-14-19(5-6-21(18)24(28)30)22-13-16(2)23-25-17(3)15-29(23)26-22;1-2/h5-7,12-15,20H,4,8-11H2,1-3H3;1-2H3. The van der Waals surface area contributed by atoms with Gasteiger partial charge in [-0.05, 0) is 68.4 Å². The molecule has 4 heterocycles. The molecule has 0 spiro atoms. The Hall–Kier alpha value is -2.99. The van der Waals surface area contributed by atoms with Crippen molar-refractivity contribution in [2.45, 2.75) is 53.5 Å². The fourth-order valence-corrected chi connectivity index (χ4v) is 4.61. The molecule has 32 heavy (non-hydrogen) atoms. The molecule has 1 aliphatic heterocycles. The van der Waals surface area contributed by atoms with Crippen LogP contribution in [0.2, 0.25) is 0 Å². The van der Waals surface area contributed by atoms with Gasteiger partial charge in [-0.3, -0.25) is 4.79 Å². The predicted octanol–water partition coefficient (Wildman–Crippen LogP) is 5.01. The summed E-state index contributed by atoms with van der Waals surface area (Å²) in [5.41, 5.74) is 4.92. The molecule has 1 aliphatic rings. The molecule has 6 nitrogen and oxygen atoms in total. The Balaban J connectivity index is 0.00000119. The Morgan fingerprint density at radius 2 is 1.81 bits per heavy atom. The first-order chi connectivity index (χ1) is 15.5. The number of benzene rings is 1. The van der Waals surface area contributed by atoms with E-state index in [0.29, 0.717) is 6.04 Å². The van der Waals surface area contributed by atoms with Gasteiger partial charge in [0, 0.05) is 36.3 Å². The minimum atomic E-state index is 0.110. The number of piperidine rings is 1. The number of fused-ring (bicyclic) bond motifs is 2. The molecule has 4 aromatic rings. The number of likely N-dealkylation sites (tertiary alicyclic amines) is 1. The summed E-state index contributed by atoms with van der Waals surface area (Å²) in [5.74, 6) is 0. The summed E-state index contributed by atoms with van der Waals surface area (Å²) in [7, 11) is 0. The Kier molecular flexibility index (Phi) is 6.42. The third-order valence-electron chi connectivity index (χ3n) is 6.35. The van der Waals surface area contributed by atoms with Crippen LogP contribution in [0.3, 0.4) is 0 Å². The van der Waals surface area contributed by atoms with Gasteiger partial charge in [-0.1, -0.05) is 26.8 Å². The van der Waals surface area contributed by atoms with E-state index in [1.165, 1.54) is 0 Å². The van der Waals surface area contributed by atoms with Crippen LogP contribution >= 0.6 is 0 Å². The van der Waals surface area contributed by atoms with Gasteiger partial charge < -0.3 is 9.47 Å². The summed E-state index contributed by atoms with van der Waals surface area (Å²) in [4.78, 5) is 20.2. The summed E-state index contributed by atoms with van der Waals surface area (Å²) >= 11 is 0. The van der Waals surface area contributed by atoms with Crippen LogP contribution in [0.15, 0.2) is 47.5 Å². The van der Waals surface area contributed by atoms with Crippen molar-refractivity contribution in [1.29, 1.82) is 0 Å². The smallest absolute Gasteiger partial charge is 0.258 e. The van der Waals surface area contributed by atoms with Crippen molar-refractivity contribution in [2.24, 2.45) is 0 Å². The second-order valence-electron chi connectivity index (χ2n) is 8.36. The van der Waals surface area contributed by atoms with Crippen molar-refractivity contribution in [2.75, 3.05) is 19.6 Å². The van der Waals surface area contributed by atoms with Crippen molar-refractivity contribution in [1.82, 2.24) is 24.1 Å². The number of imidazole rings is 1. The monoisotopic (exact) mass is 431 g/mol. The van der Waals surface area contributed by atoms with Gasteiger partial charge in [-0.2, -0.15) is 5.10 Å². The van der Waals surface area contributed by atoms with E-state index in [-0.39, 0.29) is 5.56 Å². The molecular weight excluding hydrogens is 398 g/mol. The van der Waals surface area contributed by atoms with E-state index in [1.807, 2.05) is 54.4 Å². The van der Waals surface area contributed by atoms with Crippen molar-refractivity contribution in [3.8, 4) is 11.3 Å². The topological polar surface area (TPSA) is 55.4 Å². The maximum absolute atomic E-state index is 13.2. The Bertz CT molecular complexity index is 1300. The van der Waals surface area contributed by atoms with Crippen molar-refractivity contribution >= 4 is 16.4 Å². The quantitative estimate of drug-likeness (QED) is 0.457. The Labute approximate surface area is 189 Å². The molecule has 0 saturated carbocycles. The summed E-state index contributed by atoms with van der Waals surface area (Å²) in [5, 5.41) is 6.46. The summed E-state index contributed by atoms with van der Waals surface area (Å²) in [6, 6.07) is 10.4. The zero-order chi connectivity index (χ0) is 22.8. The minimum Gasteiger partial charge on any atom is -0.312 e. The average Bonchev–Trinajstić information content (AvgIpc) is 3.21. The van der Waals surface area contributed by atoms with Crippen LogP contribution in [0, 0.1) is 13.8 Å². The molecule has 0 N–H and O–H groups in total. The Morgan fingerprint density at radius 3 is 2.53 bits per heavy atom. The third-order valence-corrected chi connectivity index (χ3v) is 6.35. The highest BCUT2D eigenvalue weighted by molar-refractivity contribution is 5.86. The van der Waals surface area contributed by atoms with E-state index in [2.05, 4.69) is 41.9 Å². The van der Waals surface area contributed by atoms with E-state index in [4.69, 9.17) is 5.10 Å². The van der Waals surface area contributed by atoms with Gasteiger partial charge in [0.2, 0.25) is 0 Å². The average molecular weight is 432 g/mol. The molecule has 1 saturated heterocycles.